The number of allylic oxidation sites excluding steroid dienone is 1. The van der Waals surface area contributed by atoms with Crippen LogP contribution in [0, 0.1) is 0 Å². The molecule has 1 aliphatic heterocycles. The summed E-state index contributed by atoms with van der Waals surface area (Å²) in [6.45, 7) is 0.156. The van der Waals surface area contributed by atoms with Crippen LogP contribution in [0.4, 0.5) is 0 Å². The van der Waals surface area contributed by atoms with E-state index in [1.165, 1.54) is 18.4 Å². The van der Waals surface area contributed by atoms with Crippen molar-refractivity contribution in [1.82, 2.24) is 9.62 Å². The molecule has 1 amide bonds. The normalized spacial score (nSPS) is 23.9. The number of amides is 1. The number of rotatable bonds is 7. The molecular weight excluding hydrogens is 352 g/mol. The van der Waals surface area contributed by atoms with Crippen molar-refractivity contribution < 1.29 is 21.6 Å². The smallest absolute Gasteiger partial charge is 0.235 e. The highest BCUT2D eigenvalue weighted by Gasteiger charge is 2.37. The molecule has 7 nitrogen and oxygen atoms in total. The fourth-order valence-corrected chi connectivity index (χ4v) is 6.11. The Labute approximate surface area is 144 Å². The van der Waals surface area contributed by atoms with E-state index in [1.807, 2.05) is 0 Å². The van der Waals surface area contributed by atoms with Crippen molar-refractivity contribution in [2.75, 3.05) is 30.9 Å². The molecule has 0 spiro atoms. The number of sulfonamides is 1. The largest absolute Gasteiger partial charge is 0.355 e. The first-order valence-electron chi connectivity index (χ1n) is 8.29. The molecule has 24 heavy (non-hydrogen) atoms. The molecule has 2 rings (SSSR count). The first-order chi connectivity index (χ1) is 11.2. The van der Waals surface area contributed by atoms with Crippen LogP contribution in [-0.4, -0.2) is 63.9 Å². The topological polar surface area (TPSA) is 101 Å². The van der Waals surface area contributed by atoms with Gasteiger partial charge in [-0.3, -0.25) is 4.79 Å². The summed E-state index contributed by atoms with van der Waals surface area (Å²) in [5.41, 5.74) is 1.34. The van der Waals surface area contributed by atoms with E-state index in [9.17, 15) is 21.6 Å². The van der Waals surface area contributed by atoms with Gasteiger partial charge < -0.3 is 5.32 Å². The first-order valence-corrected chi connectivity index (χ1v) is 12.0. The number of nitrogens with one attached hydrogen (secondary N) is 1. The molecular formula is C15H26N2O5S2. The van der Waals surface area contributed by atoms with Crippen LogP contribution >= 0.6 is 0 Å². The third-order valence-corrected chi connectivity index (χ3v) is 7.52. The molecule has 1 N–H and O–H groups in total. The van der Waals surface area contributed by atoms with Gasteiger partial charge in [0.15, 0.2) is 9.84 Å². The van der Waals surface area contributed by atoms with Gasteiger partial charge in [-0.1, -0.05) is 11.6 Å². The van der Waals surface area contributed by atoms with E-state index < -0.39 is 25.9 Å². The van der Waals surface area contributed by atoms with E-state index in [2.05, 4.69) is 11.4 Å². The van der Waals surface area contributed by atoms with Crippen LogP contribution in [0.2, 0.25) is 0 Å². The number of carbonyl (C=O) groups excluding carboxylic acids is 1. The lowest BCUT2D eigenvalue weighted by atomic mass is 9.97. The number of carbonyl (C=O) groups is 1. The van der Waals surface area contributed by atoms with Crippen LogP contribution in [0.5, 0.6) is 0 Å². The minimum absolute atomic E-state index is 0.0283. The van der Waals surface area contributed by atoms with Gasteiger partial charge in [0.2, 0.25) is 15.9 Å². The minimum atomic E-state index is -3.64. The zero-order chi connectivity index (χ0) is 17.8. The van der Waals surface area contributed by atoms with Gasteiger partial charge in [0, 0.05) is 12.6 Å². The zero-order valence-corrected chi connectivity index (χ0v) is 15.7. The molecule has 1 unspecified atom stereocenters. The second-order valence-corrected chi connectivity index (χ2v) is 10.7. The fourth-order valence-electron chi connectivity index (χ4n) is 3.21. The third-order valence-electron chi connectivity index (χ3n) is 4.49. The second kappa shape index (κ2) is 7.97. The summed E-state index contributed by atoms with van der Waals surface area (Å²) in [5.74, 6) is -0.624. The van der Waals surface area contributed by atoms with Crippen molar-refractivity contribution in [1.29, 1.82) is 0 Å². The maximum absolute atomic E-state index is 12.1. The Balaban J connectivity index is 1.87. The molecule has 1 atom stereocenters. The molecule has 9 heteroatoms. The summed E-state index contributed by atoms with van der Waals surface area (Å²) in [7, 11) is -6.86. The highest BCUT2D eigenvalue weighted by molar-refractivity contribution is 7.92. The summed E-state index contributed by atoms with van der Waals surface area (Å²) in [4.78, 5) is 12.1. The van der Waals surface area contributed by atoms with Crippen molar-refractivity contribution in [2.45, 2.75) is 44.6 Å². The first kappa shape index (κ1) is 19.4. The third kappa shape index (κ3) is 5.86. The van der Waals surface area contributed by atoms with Gasteiger partial charge in [0.25, 0.3) is 0 Å². The van der Waals surface area contributed by atoms with Crippen molar-refractivity contribution >= 4 is 25.8 Å². The quantitative estimate of drug-likeness (QED) is 0.648. The summed E-state index contributed by atoms with van der Waals surface area (Å²) in [6.07, 6.45) is 8.78. The Morgan fingerprint density at radius 3 is 2.67 bits per heavy atom. The predicted octanol–water partition coefficient (Wildman–Crippen LogP) is 0.442. The highest BCUT2D eigenvalue weighted by atomic mass is 32.2. The molecule has 1 saturated heterocycles. The van der Waals surface area contributed by atoms with Crippen LogP contribution in [0.15, 0.2) is 11.6 Å². The van der Waals surface area contributed by atoms with Crippen molar-refractivity contribution in [3.05, 3.63) is 11.6 Å². The van der Waals surface area contributed by atoms with E-state index >= 15 is 0 Å². The van der Waals surface area contributed by atoms with Crippen LogP contribution in [0.1, 0.15) is 38.5 Å². The number of hydrogen-bond donors (Lipinski definition) is 1. The Morgan fingerprint density at radius 2 is 2.12 bits per heavy atom. The standard InChI is InChI=1S/C15H26N2O5S2/c1-23(19,20)17(14-8-10-24(21,22)12-14)11-15(18)16-9-7-13-5-3-2-4-6-13/h5,14H,2-4,6-12H2,1H3,(H,16,18). The molecule has 138 valence electrons. The van der Waals surface area contributed by atoms with Gasteiger partial charge >= 0.3 is 0 Å². The van der Waals surface area contributed by atoms with Crippen molar-refractivity contribution in [3.8, 4) is 0 Å². The monoisotopic (exact) mass is 378 g/mol. The average Bonchev–Trinajstić information content (AvgIpc) is 2.84. The van der Waals surface area contributed by atoms with Gasteiger partial charge in [-0.25, -0.2) is 16.8 Å². The second-order valence-electron chi connectivity index (χ2n) is 6.57. The summed E-state index contributed by atoms with van der Waals surface area (Å²) >= 11 is 0. The molecule has 0 aromatic carbocycles. The maximum atomic E-state index is 12.1. The predicted molar refractivity (Wildman–Crippen MR) is 92.8 cm³/mol. The van der Waals surface area contributed by atoms with Crippen molar-refractivity contribution in [3.63, 3.8) is 0 Å². The lowest BCUT2D eigenvalue weighted by molar-refractivity contribution is -0.121. The molecule has 0 bridgehead atoms. The van der Waals surface area contributed by atoms with Gasteiger partial charge in [-0.05, 0) is 38.5 Å². The Bertz CT molecular complexity index is 697. The van der Waals surface area contributed by atoms with Crippen LogP contribution in [-0.2, 0) is 24.7 Å². The van der Waals surface area contributed by atoms with Crippen LogP contribution in [0.3, 0.4) is 0 Å². The Hall–Kier alpha value is -0.930. The van der Waals surface area contributed by atoms with Gasteiger partial charge in [-0.2, -0.15) is 4.31 Å². The molecule has 2 aliphatic rings. The number of nitrogens with zero attached hydrogens (tertiary/aromatic N) is 1. The van der Waals surface area contributed by atoms with E-state index in [1.54, 1.807) is 0 Å². The number of hydrogen-bond acceptors (Lipinski definition) is 5. The molecule has 1 aliphatic carbocycles. The lowest BCUT2D eigenvalue weighted by Crippen LogP contribution is -2.46. The van der Waals surface area contributed by atoms with Gasteiger partial charge in [0.05, 0.1) is 24.3 Å². The molecule has 1 heterocycles. The Morgan fingerprint density at radius 1 is 1.38 bits per heavy atom. The fraction of sp³-hybridized carbons (Fsp3) is 0.800. The minimum Gasteiger partial charge on any atom is -0.355 e. The van der Waals surface area contributed by atoms with Gasteiger partial charge in [-0.15, -0.1) is 0 Å². The zero-order valence-electron chi connectivity index (χ0n) is 14.0. The number of sulfone groups is 1. The summed E-state index contributed by atoms with van der Waals surface area (Å²) in [5, 5.41) is 2.74. The molecule has 0 aromatic heterocycles. The average molecular weight is 379 g/mol. The van der Waals surface area contributed by atoms with E-state index in [0.29, 0.717) is 6.54 Å². The molecule has 1 fully saturated rings. The van der Waals surface area contributed by atoms with Crippen LogP contribution < -0.4 is 5.32 Å². The van der Waals surface area contributed by atoms with E-state index in [-0.39, 0.29) is 30.4 Å². The lowest BCUT2D eigenvalue weighted by Gasteiger charge is -2.25. The van der Waals surface area contributed by atoms with E-state index in [4.69, 9.17) is 0 Å². The molecule has 0 aromatic rings. The SMILES string of the molecule is CS(=O)(=O)N(CC(=O)NCCC1=CCCCC1)C1CCS(=O)(=O)C1. The molecule has 0 saturated carbocycles. The van der Waals surface area contributed by atoms with Gasteiger partial charge in [0.1, 0.15) is 0 Å². The van der Waals surface area contributed by atoms with E-state index in [0.717, 1.165) is 29.8 Å². The highest BCUT2D eigenvalue weighted by Crippen LogP contribution is 2.20. The van der Waals surface area contributed by atoms with Crippen molar-refractivity contribution in [2.24, 2.45) is 0 Å². The maximum Gasteiger partial charge on any atom is 0.235 e. The summed E-state index contributed by atoms with van der Waals surface area (Å²) in [6, 6.07) is -0.642. The Kier molecular flexibility index (Phi) is 6.44. The summed E-state index contributed by atoms with van der Waals surface area (Å²) < 4.78 is 48.0. The van der Waals surface area contributed by atoms with Crippen LogP contribution in [0.25, 0.3) is 0 Å². The molecule has 0 radical (unpaired) electrons.